The van der Waals surface area contributed by atoms with Gasteiger partial charge in [-0.15, -0.1) is 0 Å². The van der Waals surface area contributed by atoms with Crippen molar-refractivity contribution in [2.45, 2.75) is 46.5 Å². The lowest BCUT2D eigenvalue weighted by Gasteiger charge is -2.16. The van der Waals surface area contributed by atoms with Crippen LogP contribution < -0.4 is 10.9 Å². The van der Waals surface area contributed by atoms with E-state index in [1.165, 1.54) is 28.9 Å². The van der Waals surface area contributed by atoms with Gasteiger partial charge in [0.2, 0.25) is 0 Å². The van der Waals surface area contributed by atoms with Crippen LogP contribution in [0, 0.1) is 13.8 Å². The van der Waals surface area contributed by atoms with Gasteiger partial charge >= 0.3 is 6.18 Å². The van der Waals surface area contributed by atoms with Gasteiger partial charge < -0.3 is 5.32 Å². The largest absolute Gasteiger partial charge is 0.416 e. The van der Waals surface area contributed by atoms with Crippen molar-refractivity contribution in [3.05, 3.63) is 75.0 Å². The van der Waals surface area contributed by atoms with Crippen LogP contribution in [0.3, 0.4) is 0 Å². The summed E-state index contributed by atoms with van der Waals surface area (Å²) >= 11 is 0. The number of aryl methyl sites for hydroxylation is 3. The normalized spacial score (nSPS) is 11.5. The molecular weight excluding hydrogens is 411 g/mol. The third kappa shape index (κ3) is 5.01. The van der Waals surface area contributed by atoms with Crippen LogP contribution in [0.15, 0.2) is 41.2 Å². The number of hydrogen-bond acceptors (Lipinski definition) is 4. The van der Waals surface area contributed by atoms with E-state index < -0.39 is 17.6 Å². The van der Waals surface area contributed by atoms with Gasteiger partial charge in [0.05, 0.1) is 16.9 Å². The molecule has 1 amide bonds. The van der Waals surface area contributed by atoms with E-state index in [1.807, 2.05) is 6.92 Å². The Balaban J connectivity index is 1.86. The van der Waals surface area contributed by atoms with Crippen molar-refractivity contribution < 1.29 is 18.0 Å². The maximum absolute atomic E-state index is 13.7. The van der Waals surface area contributed by atoms with Crippen LogP contribution in [0.2, 0.25) is 0 Å². The van der Waals surface area contributed by atoms with Crippen LogP contribution in [0.25, 0.3) is 5.69 Å². The molecule has 0 spiro atoms. The van der Waals surface area contributed by atoms with Crippen molar-refractivity contribution in [2.75, 3.05) is 0 Å². The lowest BCUT2D eigenvalue weighted by molar-refractivity contribution is -0.138. The van der Waals surface area contributed by atoms with Crippen molar-refractivity contribution in [1.82, 2.24) is 24.9 Å². The first kappa shape index (κ1) is 22.3. The molecule has 3 aromatic rings. The number of amides is 1. The quantitative estimate of drug-likeness (QED) is 0.646. The summed E-state index contributed by atoms with van der Waals surface area (Å²) in [5, 5.41) is 10.6. The van der Waals surface area contributed by atoms with E-state index in [9.17, 15) is 22.8 Å². The number of carbonyl (C=O) groups excluding carboxylic acids is 1. The molecular formula is C21H22F3N5O2. The summed E-state index contributed by atoms with van der Waals surface area (Å²) in [6.07, 6.45) is -3.96. The van der Waals surface area contributed by atoms with Crippen LogP contribution in [0.4, 0.5) is 13.2 Å². The molecule has 164 valence electrons. The fourth-order valence-electron chi connectivity index (χ4n) is 3.21. The number of hydrogen-bond donors (Lipinski definition) is 1. The molecule has 31 heavy (non-hydrogen) atoms. The maximum Gasteiger partial charge on any atom is 0.416 e. The highest BCUT2D eigenvalue weighted by Crippen LogP contribution is 2.33. The third-order valence-electron chi connectivity index (χ3n) is 4.63. The molecule has 2 aromatic heterocycles. The molecule has 0 atom stereocenters. The summed E-state index contributed by atoms with van der Waals surface area (Å²) < 4.78 is 43.7. The molecule has 0 unspecified atom stereocenters. The molecule has 0 saturated carbocycles. The SMILES string of the molecule is CCCn1nc(C(=O)NCc2ccc(-n3nc(C)cc3C)cc2C(F)(F)F)ccc1=O. The molecule has 10 heteroatoms. The first-order chi connectivity index (χ1) is 14.6. The minimum absolute atomic E-state index is 0.0409. The van der Waals surface area contributed by atoms with Gasteiger partial charge in [0.15, 0.2) is 0 Å². The van der Waals surface area contributed by atoms with E-state index in [4.69, 9.17) is 0 Å². The van der Waals surface area contributed by atoms with Gasteiger partial charge in [0.1, 0.15) is 5.69 Å². The molecule has 1 aromatic carbocycles. The number of benzene rings is 1. The molecule has 3 rings (SSSR count). The smallest absolute Gasteiger partial charge is 0.347 e. The fourth-order valence-corrected chi connectivity index (χ4v) is 3.21. The second-order valence-corrected chi connectivity index (χ2v) is 7.14. The number of alkyl halides is 3. The third-order valence-corrected chi connectivity index (χ3v) is 4.63. The van der Waals surface area contributed by atoms with Gasteiger partial charge in [-0.3, -0.25) is 9.59 Å². The summed E-state index contributed by atoms with van der Waals surface area (Å²) in [5.41, 5.74) is 0.341. The molecule has 1 N–H and O–H groups in total. The average Bonchev–Trinajstić information content (AvgIpc) is 3.05. The molecule has 0 fully saturated rings. The van der Waals surface area contributed by atoms with E-state index in [1.54, 1.807) is 19.9 Å². The molecule has 0 bridgehead atoms. The predicted octanol–water partition coefficient (Wildman–Crippen LogP) is 3.40. The van der Waals surface area contributed by atoms with Gasteiger partial charge in [-0.1, -0.05) is 13.0 Å². The maximum atomic E-state index is 13.7. The van der Waals surface area contributed by atoms with E-state index in [0.29, 0.717) is 24.4 Å². The van der Waals surface area contributed by atoms with E-state index in [-0.39, 0.29) is 29.0 Å². The van der Waals surface area contributed by atoms with E-state index >= 15 is 0 Å². The summed E-state index contributed by atoms with van der Waals surface area (Å²) in [7, 11) is 0. The molecule has 0 aliphatic carbocycles. The summed E-state index contributed by atoms with van der Waals surface area (Å²) in [6.45, 7) is 5.36. The van der Waals surface area contributed by atoms with E-state index in [0.717, 1.165) is 10.7 Å². The number of nitrogens with zero attached hydrogens (tertiary/aromatic N) is 4. The lowest BCUT2D eigenvalue weighted by atomic mass is 10.1. The second kappa shape index (κ2) is 8.75. The zero-order valence-electron chi connectivity index (χ0n) is 17.3. The minimum Gasteiger partial charge on any atom is -0.347 e. The molecule has 2 heterocycles. The Morgan fingerprint density at radius 2 is 1.84 bits per heavy atom. The molecule has 0 aliphatic rings. The van der Waals surface area contributed by atoms with Gasteiger partial charge in [-0.2, -0.15) is 23.4 Å². The van der Waals surface area contributed by atoms with Gasteiger partial charge in [0.25, 0.3) is 11.5 Å². The molecule has 0 radical (unpaired) electrons. The van der Waals surface area contributed by atoms with Gasteiger partial charge in [0, 0.05) is 24.8 Å². The summed E-state index contributed by atoms with van der Waals surface area (Å²) in [4.78, 5) is 24.1. The van der Waals surface area contributed by atoms with Crippen molar-refractivity contribution >= 4 is 5.91 Å². The highest BCUT2D eigenvalue weighted by molar-refractivity contribution is 5.91. The monoisotopic (exact) mass is 433 g/mol. The number of carbonyl (C=O) groups is 1. The Morgan fingerprint density at radius 3 is 2.45 bits per heavy atom. The number of halogens is 3. The first-order valence-electron chi connectivity index (χ1n) is 9.70. The Kier molecular flexibility index (Phi) is 6.28. The predicted molar refractivity (Wildman–Crippen MR) is 108 cm³/mol. The highest BCUT2D eigenvalue weighted by atomic mass is 19.4. The standard InChI is InChI=1S/C21H22F3N5O2/c1-4-9-28-19(30)8-7-18(27-28)20(31)25-12-15-5-6-16(11-17(15)21(22,23)24)29-14(3)10-13(2)26-29/h5-8,10-11H,4,9,12H2,1-3H3,(H,25,31). The number of rotatable bonds is 6. The molecule has 0 aliphatic heterocycles. The van der Waals surface area contributed by atoms with Crippen molar-refractivity contribution in [2.24, 2.45) is 0 Å². The first-order valence-corrected chi connectivity index (χ1v) is 9.70. The fraction of sp³-hybridized carbons (Fsp3) is 0.333. The Labute approximate surface area is 176 Å². The van der Waals surface area contributed by atoms with Crippen molar-refractivity contribution in [1.29, 1.82) is 0 Å². The van der Waals surface area contributed by atoms with Crippen LogP contribution in [0.1, 0.15) is 46.3 Å². The van der Waals surface area contributed by atoms with Crippen molar-refractivity contribution in [3.63, 3.8) is 0 Å². The zero-order valence-corrected chi connectivity index (χ0v) is 17.3. The Bertz CT molecular complexity index is 1160. The summed E-state index contributed by atoms with van der Waals surface area (Å²) in [5.74, 6) is -0.666. The average molecular weight is 433 g/mol. The lowest BCUT2D eigenvalue weighted by Crippen LogP contribution is -2.30. The van der Waals surface area contributed by atoms with Crippen LogP contribution in [-0.2, 0) is 19.3 Å². The van der Waals surface area contributed by atoms with Crippen LogP contribution in [0.5, 0.6) is 0 Å². The van der Waals surface area contributed by atoms with Gasteiger partial charge in [-0.25, -0.2) is 9.36 Å². The van der Waals surface area contributed by atoms with E-state index in [2.05, 4.69) is 15.5 Å². The van der Waals surface area contributed by atoms with Crippen molar-refractivity contribution in [3.8, 4) is 5.69 Å². The number of nitrogens with one attached hydrogen (secondary N) is 1. The number of aromatic nitrogens is 4. The van der Waals surface area contributed by atoms with Crippen LogP contribution >= 0.6 is 0 Å². The molecule has 0 saturated heterocycles. The minimum atomic E-state index is -4.61. The molecule has 7 nitrogen and oxygen atoms in total. The highest BCUT2D eigenvalue weighted by Gasteiger charge is 2.34. The topological polar surface area (TPSA) is 81.8 Å². The summed E-state index contributed by atoms with van der Waals surface area (Å²) in [6, 6.07) is 8.09. The Hall–Kier alpha value is -3.43. The second-order valence-electron chi connectivity index (χ2n) is 7.14. The van der Waals surface area contributed by atoms with Gasteiger partial charge in [-0.05, 0) is 50.1 Å². The van der Waals surface area contributed by atoms with Crippen LogP contribution in [-0.4, -0.2) is 25.5 Å². The Morgan fingerprint density at radius 1 is 1.10 bits per heavy atom. The zero-order chi connectivity index (χ0) is 22.8.